The Bertz CT molecular complexity index is 569. The number of carbonyl (C=O) groups is 2. The Labute approximate surface area is 130 Å². The fraction of sp³-hybridized carbons (Fsp3) is 0.529. The van der Waals surface area contributed by atoms with Gasteiger partial charge in [0.25, 0.3) is 0 Å². The second kappa shape index (κ2) is 6.38. The van der Waals surface area contributed by atoms with E-state index in [9.17, 15) is 9.59 Å². The fourth-order valence-electron chi connectivity index (χ4n) is 2.60. The zero-order valence-electron chi connectivity index (χ0n) is 12.8. The maximum atomic E-state index is 12.0. The van der Waals surface area contributed by atoms with Crippen LogP contribution >= 0.6 is 0 Å². The van der Waals surface area contributed by atoms with Crippen molar-refractivity contribution in [3.8, 4) is 5.75 Å². The van der Waals surface area contributed by atoms with Crippen LogP contribution in [0.4, 0.5) is 0 Å². The second-order valence-electron chi connectivity index (χ2n) is 6.12. The molecule has 0 spiro atoms. The van der Waals surface area contributed by atoms with Crippen molar-refractivity contribution in [1.29, 1.82) is 0 Å². The van der Waals surface area contributed by atoms with Crippen molar-refractivity contribution in [3.63, 3.8) is 0 Å². The molecule has 2 fully saturated rings. The maximum Gasteiger partial charge on any atom is 0.224 e. The van der Waals surface area contributed by atoms with E-state index in [1.807, 2.05) is 24.3 Å². The van der Waals surface area contributed by atoms with Gasteiger partial charge in [-0.3, -0.25) is 9.59 Å². The number of methoxy groups -OCH3 is 1. The standard InChI is InChI=1S/C17H22N2O3/c1-22-13-4-2-3-11(9-13)7-8-18-16(20)14-10-15(14)17(21)19-12-5-6-12/h2-4,9,12,14-15H,5-8,10H2,1H3,(H,18,20)(H,19,21). The highest BCUT2D eigenvalue weighted by Crippen LogP contribution is 2.39. The molecule has 5 nitrogen and oxygen atoms in total. The second-order valence-corrected chi connectivity index (χ2v) is 6.12. The van der Waals surface area contributed by atoms with Crippen molar-refractivity contribution in [1.82, 2.24) is 10.6 Å². The summed E-state index contributed by atoms with van der Waals surface area (Å²) in [5.74, 6) is 0.624. The summed E-state index contributed by atoms with van der Waals surface area (Å²) in [6.45, 7) is 0.583. The number of benzene rings is 1. The van der Waals surface area contributed by atoms with Crippen molar-refractivity contribution >= 4 is 11.8 Å². The third-order valence-electron chi connectivity index (χ3n) is 4.23. The summed E-state index contributed by atoms with van der Waals surface area (Å²) in [4.78, 5) is 23.9. The monoisotopic (exact) mass is 302 g/mol. The zero-order valence-corrected chi connectivity index (χ0v) is 12.8. The van der Waals surface area contributed by atoms with E-state index in [0.29, 0.717) is 19.0 Å². The Kier molecular flexibility index (Phi) is 4.32. The first-order valence-electron chi connectivity index (χ1n) is 7.88. The minimum Gasteiger partial charge on any atom is -0.497 e. The van der Waals surface area contributed by atoms with Gasteiger partial charge in [-0.05, 0) is 43.4 Å². The van der Waals surface area contributed by atoms with E-state index in [4.69, 9.17) is 4.74 Å². The lowest BCUT2D eigenvalue weighted by atomic mass is 10.1. The van der Waals surface area contributed by atoms with Crippen molar-refractivity contribution in [3.05, 3.63) is 29.8 Å². The first kappa shape index (κ1) is 14.9. The van der Waals surface area contributed by atoms with Crippen LogP contribution in [0.15, 0.2) is 24.3 Å². The molecule has 3 rings (SSSR count). The van der Waals surface area contributed by atoms with Crippen molar-refractivity contribution < 1.29 is 14.3 Å². The molecule has 2 atom stereocenters. The van der Waals surface area contributed by atoms with Crippen molar-refractivity contribution in [2.24, 2.45) is 11.8 Å². The zero-order chi connectivity index (χ0) is 15.5. The van der Waals surface area contributed by atoms with E-state index in [0.717, 1.165) is 30.6 Å². The molecular weight excluding hydrogens is 280 g/mol. The number of rotatable bonds is 7. The molecule has 2 N–H and O–H groups in total. The Hall–Kier alpha value is -2.04. The molecule has 1 aromatic rings. The van der Waals surface area contributed by atoms with Gasteiger partial charge >= 0.3 is 0 Å². The quantitative estimate of drug-likeness (QED) is 0.797. The van der Waals surface area contributed by atoms with E-state index < -0.39 is 0 Å². The summed E-state index contributed by atoms with van der Waals surface area (Å²) in [5.41, 5.74) is 1.12. The Morgan fingerprint density at radius 2 is 2.00 bits per heavy atom. The normalized spacial score (nSPS) is 22.8. The van der Waals surface area contributed by atoms with Crippen LogP contribution in [0.25, 0.3) is 0 Å². The number of hydrogen-bond acceptors (Lipinski definition) is 3. The smallest absolute Gasteiger partial charge is 0.224 e. The van der Waals surface area contributed by atoms with Gasteiger partial charge in [-0.15, -0.1) is 0 Å². The highest BCUT2D eigenvalue weighted by molar-refractivity contribution is 5.92. The molecule has 0 radical (unpaired) electrons. The SMILES string of the molecule is COc1cccc(CCNC(=O)C2CC2C(=O)NC2CC2)c1. The molecule has 0 aliphatic heterocycles. The van der Waals surface area contributed by atoms with E-state index in [1.54, 1.807) is 7.11 Å². The van der Waals surface area contributed by atoms with Crippen LogP contribution in [0.2, 0.25) is 0 Å². The molecule has 2 aliphatic carbocycles. The van der Waals surface area contributed by atoms with Crippen LogP contribution in [0, 0.1) is 11.8 Å². The largest absolute Gasteiger partial charge is 0.497 e. The molecule has 0 saturated heterocycles. The molecule has 2 unspecified atom stereocenters. The number of amides is 2. The Balaban J connectivity index is 1.38. The van der Waals surface area contributed by atoms with Gasteiger partial charge in [-0.1, -0.05) is 12.1 Å². The lowest BCUT2D eigenvalue weighted by Gasteiger charge is -2.07. The number of carbonyl (C=O) groups excluding carboxylic acids is 2. The van der Waals surface area contributed by atoms with Gasteiger partial charge in [0, 0.05) is 12.6 Å². The molecule has 2 amide bonds. The maximum absolute atomic E-state index is 12.0. The van der Waals surface area contributed by atoms with Gasteiger partial charge in [0.05, 0.1) is 18.9 Å². The molecule has 2 saturated carbocycles. The first-order valence-corrected chi connectivity index (χ1v) is 7.88. The van der Waals surface area contributed by atoms with Crippen LogP contribution in [0.1, 0.15) is 24.8 Å². The average molecular weight is 302 g/mol. The van der Waals surface area contributed by atoms with Gasteiger partial charge in [0.1, 0.15) is 5.75 Å². The summed E-state index contributed by atoms with van der Waals surface area (Å²) in [6, 6.07) is 8.18. The highest BCUT2D eigenvalue weighted by atomic mass is 16.5. The molecule has 1 aromatic carbocycles. The predicted octanol–water partition coefficient (Wildman–Crippen LogP) is 1.27. The molecule has 118 valence electrons. The molecule has 0 aromatic heterocycles. The molecule has 5 heteroatoms. The summed E-state index contributed by atoms with van der Waals surface area (Å²) < 4.78 is 5.18. The number of nitrogens with one attached hydrogen (secondary N) is 2. The third-order valence-corrected chi connectivity index (χ3v) is 4.23. The lowest BCUT2D eigenvalue weighted by Crippen LogP contribution is -2.32. The van der Waals surface area contributed by atoms with Crippen LogP contribution in [-0.2, 0) is 16.0 Å². The van der Waals surface area contributed by atoms with Gasteiger partial charge in [-0.25, -0.2) is 0 Å². The first-order chi connectivity index (χ1) is 10.7. The molecule has 2 aliphatic rings. The van der Waals surface area contributed by atoms with Crippen molar-refractivity contribution in [2.45, 2.75) is 31.7 Å². The van der Waals surface area contributed by atoms with E-state index in [1.165, 1.54) is 0 Å². The molecule has 0 heterocycles. The topological polar surface area (TPSA) is 67.4 Å². The van der Waals surface area contributed by atoms with Crippen LogP contribution in [0.5, 0.6) is 5.75 Å². The molecule has 22 heavy (non-hydrogen) atoms. The molecular formula is C17H22N2O3. The third kappa shape index (κ3) is 3.78. The van der Waals surface area contributed by atoms with Crippen molar-refractivity contribution in [2.75, 3.05) is 13.7 Å². The summed E-state index contributed by atoms with van der Waals surface area (Å²) in [7, 11) is 1.64. The minimum absolute atomic E-state index is 0.00107. The van der Waals surface area contributed by atoms with Gasteiger partial charge in [0.15, 0.2) is 0 Å². The highest BCUT2D eigenvalue weighted by Gasteiger charge is 2.48. The fourth-order valence-corrected chi connectivity index (χ4v) is 2.60. The van der Waals surface area contributed by atoms with E-state index in [2.05, 4.69) is 10.6 Å². The van der Waals surface area contributed by atoms with Crippen LogP contribution < -0.4 is 15.4 Å². The van der Waals surface area contributed by atoms with E-state index in [-0.39, 0.29) is 23.7 Å². The summed E-state index contributed by atoms with van der Waals surface area (Å²) in [6.07, 6.45) is 3.60. The van der Waals surface area contributed by atoms with E-state index >= 15 is 0 Å². The average Bonchev–Trinajstić information content (AvgIpc) is 3.40. The predicted molar refractivity (Wildman–Crippen MR) is 82.5 cm³/mol. The number of ether oxygens (including phenoxy) is 1. The Morgan fingerprint density at radius 3 is 2.73 bits per heavy atom. The lowest BCUT2D eigenvalue weighted by molar-refractivity contribution is -0.127. The van der Waals surface area contributed by atoms with Crippen LogP contribution in [-0.4, -0.2) is 31.5 Å². The number of hydrogen-bond donors (Lipinski definition) is 2. The summed E-state index contributed by atoms with van der Waals surface area (Å²) >= 11 is 0. The van der Waals surface area contributed by atoms with Gasteiger partial charge in [-0.2, -0.15) is 0 Å². The van der Waals surface area contributed by atoms with Gasteiger partial charge in [0.2, 0.25) is 11.8 Å². The van der Waals surface area contributed by atoms with Crippen LogP contribution in [0.3, 0.4) is 0 Å². The van der Waals surface area contributed by atoms with Gasteiger partial charge < -0.3 is 15.4 Å². The summed E-state index contributed by atoms with van der Waals surface area (Å²) in [5, 5.41) is 5.89. The molecule has 0 bridgehead atoms. The Morgan fingerprint density at radius 1 is 1.23 bits per heavy atom. The minimum atomic E-state index is -0.135.